The molecule has 172 valence electrons. The van der Waals surface area contributed by atoms with Gasteiger partial charge in [0, 0.05) is 22.9 Å². The normalized spacial score (nSPS) is 18.9. The molecule has 0 aliphatic heterocycles. The molecule has 0 bridgehead atoms. The zero-order chi connectivity index (χ0) is 23.5. The number of nitrogens with zero attached hydrogens (tertiary/aromatic N) is 3. The fraction of sp³-hybridized carbons (Fsp3) is 0.200. The number of carbonyl (C=O) groups excluding carboxylic acids is 1. The Labute approximate surface area is 200 Å². The van der Waals surface area contributed by atoms with Crippen molar-refractivity contribution in [2.24, 2.45) is 5.92 Å². The molecule has 5 rings (SSSR count). The van der Waals surface area contributed by atoms with Gasteiger partial charge in [-0.3, -0.25) is 5.32 Å². The molecular formula is C25H22ClN5O3. The maximum Gasteiger partial charge on any atom is 0.411 e. The first-order valence-corrected chi connectivity index (χ1v) is 11.2. The van der Waals surface area contributed by atoms with Crippen LogP contribution in [0.15, 0.2) is 72.8 Å². The number of ether oxygens (including phenoxy) is 1. The van der Waals surface area contributed by atoms with E-state index in [9.17, 15) is 9.90 Å². The van der Waals surface area contributed by atoms with Crippen molar-refractivity contribution in [3.8, 4) is 11.4 Å². The lowest BCUT2D eigenvalue weighted by Gasteiger charge is -2.10. The smallest absolute Gasteiger partial charge is 0.411 e. The van der Waals surface area contributed by atoms with E-state index in [-0.39, 0.29) is 31.0 Å². The van der Waals surface area contributed by atoms with Crippen LogP contribution in [0.5, 0.6) is 0 Å². The summed E-state index contributed by atoms with van der Waals surface area (Å²) >= 11 is 6.37. The van der Waals surface area contributed by atoms with Crippen molar-refractivity contribution in [2.45, 2.75) is 18.4 Å². The van der Waals surface area contributed by atoms with E-state index in [0.29, 0.717) is 16.5 Å². The van der Waals surface area contributed by atoms with Crippen LogP contribution in [-0.4, -0.2) is 38.4 Å². The van der Waals surface area contributed by atoms with E-state index in [1.54, 1.807) is 6.07 Å². The second-order valence-electron chi connectivity index (χ2n) is 8.22. The number of hydrogen-bond donors (Lipinski definition) is 3. The fourth-order valence-electron chi connectivity index (χ4n) is 4.43. The van der Waals surface area contributed by atoms with Gasteiger partial charge in [-0.05, 0) is 63.9 Å². The van der Waals surface area contributed by atoms with Gasteiger partial charge in [-0.2, -0.15) is 5.21 Å². The van der Waals surface area contributed by atoms with Gasteiger partial charge >= 0.3 is 6.09 Å². The van der Waals surface area contributed by atoms with Gasteiger partial charge in [0.25, 0.3) is 0 Å². The van der Waals surface area contributed by atoms with E-state index in [1.807, 2.05) is 66.7 Å². The summed E-state index contributed by atoms with van der Waals surface area (Å²) in [7, 11) is 0. The number of aliphatic hydroxyl groups is 1. The Kier molecular flexibility index (Phi) is 6.24. The summed E-state index contributed by atoms with van der Waals surface area (Å²) < 4.78 is 5.32. The minimum atomic E-state index is -0.559. The van der Waals surface area contributed by atoms with Gasteiger partial charge in [0.15, 0.2) is 0 Å². The summed E-state index contributed by atoms with van der Waals surface area (Å²) in [6.45, 7) is 0.213. The standard InChI is InChI=1S/C25H22ClN5O3/c26-19-10-18(11-20(12-19)27-25(33)34-14-15-5-2-1-3-6-15)23-21(13-32)22(23)16-7-4-8-17(9-16)24-28-30-31-29-24/h1-12,21-23,32H,13-14H2,(H,27,33)(H,28,29,30,31)/t21-,22+,23+/m1/s1. The Bertz CT molecular complexity index is 1280. The molecule has 1 aliphatic carbocycles. The number of H-pyrrole nitrogens is 1. The molecule has 4 aromatic rings. The third-order valence-electron chi connectivity index (χ3n) is 6.02. The highest BCUT2D eigenvalue weighted by Crippen LogP contribution is 2.60. The number of tetrazole rings is 1. The van der Waals surface area contributed by atoms with Gasteiger partial charge in [-0.1, -0.05) is 60.1 Å². The van der Waals surface area contributed by atoms with Crippen LogP contribution in [0.1, 0.15) is 28.5 Å². The zero-order valence-electron chi connectivity index (χ0n) is 18.1. The summed E-state index contributed by atoms with van der Waals surface area (Å²) in [4.78, 5) is 12.3. The molecule has 1 saturated carbocycles. The molecule has 1 amide bonds. The molecule has 0 spiro atoms. The number of benzene rings is 3. The minimum Gasteiger partial charge on any atom is -0.444 e. The van der Waals surface area contributed by atoms with Crippen LogP contribution in [0.2, 0.25) is 5.02 Å². The van der Waals surface area contributed by atoms with Gasteiger partial charge in [0.05, 0.1) is 0 Å². The van der Waals surface area contributed by atoms with Crippen molar-refractivity contribution in [1.29, 1.82) is 0 Å². The molecular weight excluding hydrogens is 454 g/mol. The number of nitrogens with one attached hydrogen (secondary N) is 2. The number of hydrogen-bond acceptors (Lipinski definition) is 6. The maximum atomic E-state index is 12.3. The Hall–Kier alpha value is -3.75. The van der Waals surface area contributed by atoms with Crippen molar-refractivity contribution in [3.63, 3.8) is 0 Å². The fourth-order valence-corrected chi connectivity index (χ4v) is 4.68. The van der Waals surface area contributed by atoms with Crippen LogP contribution in [0.25, 0.3) is 11.4 Å². The minimum absolute atomic E-state index is 0.0379. The van der Waals surface area contributed by atoms with E-state index in [0.717, 1.165) is 22.3 Å². The second-order valence-corrected chi connectivity index (χ2v) is 8.66. The number of amides is 1. The highest BCUT2D eigenvalue weighted by molar-refractivity contribution is 6.31. The molecule has 9 heteroatoms. The maximum absolute atomic E-state index is 12.3. The van der Waals surface area contributed by atoms with Crippen molar-refractivity contribution in [3.05, 3.63) is 94.5 Å². The summed E-state index contributed by atoms with van der Waals surface area (Å²) in [5.74, 6) is 0.720. The van der Waals surface area contributed by atoms with Crippen LogP contribution in [0.4, 0.5) is 10.5 Å². The Morgan fingerprint density at radius 1 is 1.03 bits per heavy atom. The third kappa shape index (κ3) is 4.78. The van der Waals surface area contributed by atoms with Crippen LogP contribution in [-0.2, 0) is 11.3 Å². The topological polar surface area (TPSA) is 113 Å². The molecule has 1 fully saturated rings. The van der Waals surface area contributed by atoms with Crippen LogP contribution in [0, 0.1) is 5.92 Å². The molecule has 8 nitrogen and oxygen atoms in total. The molecule has 1 aromatic heterocycles. The molecule has 3 N–H and O–H groups in total. The number of anilines is 1. The van der Waals surface area contributed by atoms with Crippen molar-refractivity contribution < 1.29 is 14.6 Å². The van der Waals surface area contributed by atoms with Gasteiger partial charge < -0.3 is 9.84 Å². The SMILES string of the molecule is O=C(Nc1cc(Cl)cc([C@H]2[C@H](CO)[C@@H]2c2cccc(-c3nn[nH]n3)c2)c1)OCc1ccccc1. The number of aromatic nitrogens is 4. The average Bonchev–Trinajstić information content (AvgIpc) is 3.33. The molecule has 1 heterocycles. The lowest BCUT2D eigenvalue weighted by Crippen LogP contribution is -2.13. The van der Waals surface area contributed by atoms with E-state index in [1.165, 1.54) is 0 Å². The summed E-state index contributed by atoms with van der Waals surface area (Å²) in [5.41, 5.74) is 4.31. The van der Waals surface area contributed by atoms with E-state index >= 15 is 0 Å². The second kappa shape index (κ2) is 9.62. The molecule has 3 aromatic carbocycles. The zero-order valence-corrected chi connectivity index (χ0v) is 18.8. The van der Waals surface area contributed by atoms with E-state index in [4.69, 9.17) is 16.3 Å². The van der Waals surface area contributed by atoms with Crippen molar-refractivity contribution in [1.82, 2.24) is 20.6 Å². The van der Waals surface area contributed by atoms with Gasteiger partial charge in [0.1, 0.15) is 6.61 Å². The van der Waals surface area contributed by atoms with E-state index < -0.39 is 6.09 Å². The van der Waals surface area contributed by atoms with E-state index in [2.05, 4.69) is 25.9 Å². The largest absolute Gasteiger partial charge is 0.444 e. The van der Waals surface area contributed by atoms with Crippen LogP contribution >= 0.6 is 11.6 Å². The number of aromatic amines is 1. The number of halogens is 1. The molecule has 0 radical (unpaired) electrons. The summed E-state index contributed by atoms with van der Waals surface area (Å²) in [6.07, 6.45) is -0.559. The number of aliphatic hydroxyl groups excluding tert-OH is 1. The van der Waals surface area contributed by atoms with Crippen molar-refractivity contribution >= 4 is 23.4 Å². The highest BCUT2D eigenvalue weighted by atomic mass is 35.5. The molecule has 0 saturated heterocycles. The quantitative estimate of drug-likeness (QED) is 0.355. The first-order chi connectivity index (χ1) is 16.6. The lowest BCUT2D eigenvalue weighted by molar-refractivity contribution is 0.155. The highest BCUT2D eigenvalue weighted by Gasteiger charge is 2.51. The number of carbonyl (C=O) groups is 1. The summed E-state index contributed by atoms with van der Waals surface area (Å²) in [6, 6.07) is 22.8. The van der Waals surface area contributed by atoms with Crippen LogP contribution < -0.4 is 5.32 Å². The van der Waals surface area contributed by atoms with Gasteiger partial charge in [-0.15, -0.1) is 10.2 Å². The first-order valence-electron chi connectivity index (χ1n) is 10.8. The lowest BCUT2D eigenvalue weighted by atomic mass is 10.0. The number of rotatable bonds is 7. The molecule has 1 aliphatic rings. The monoisotopic (exact) mass is 475 g/mol. The summed E-state index contributed by atoms with van der Waals surface area (Å²) in [5, 5.41) is 27.4. The van der Waals surface area contributed by atoms with Gasteiger partial charge in [0.2, 0.25) is 5.82 Å². The van der Waals surface area contributed by atoms with Crippen molar-refractivity contribution in [2.75, 3.05) is 11.9 Å². The Morgan fingerprint density at radius 2 is 1.85 bits per heavy atom. The van der Waals surface area contributed by atoms with Crippen LogP contribution in [0.3, 0.4) is 0 Å². The molecule has 3 atom stereocenters. The average molecular weight is 476 g/mol. The molecule has 34 heavy (non-hydrogen) atoms. The Morgan fingerprint density at radius 3 is 2.62 bits per heavy atom. The Balaban J connectivity index is 1.32. The predicted molar refractivity (Wildman–Crippen MR) is 127 cm³/mol. The third-order valence-corrected chi connectivity index (χ3v) is 6.24. The van der Waals surface area contributed by atoms with Gasteiger partial charge in [-0.25, -0.2) is 4.79 Å². The molecule has 0 unspecified atom stereocenters. The first kappa shape index (κ1) is 22.1. The predicted octanol–water partition coefficient (Wildman–Crippen LogP) is 4.76.